The van der Waals surface area contributed by atoms with E-state index in [1.165, 1.54) is 0 Å². The molecular formula is C6H8BNS. The number of rotatable bonds is 1. The minimum atomic E-state index is 0.507. The molecule has 0 aliphatic rings. The molecule has 0 aliphatic heterocycles. The summed E-state index contributed by atoms with van der Waals surface area (Å²) < 4.78 is 0.804. The van der Waals surface area contributed by atoms with Gasteiger partial charge < -0.3 is 0 Å². The standard InChI is InChI=1S/C6H8BNS/c1-4(2)6-8-3-5(7)9-6/h3-4H,1-2H3. The second kappa shape index (κ2) is 2.52. The Morgan fingerprint density at radius 1 is 1.67 bits per heavy atom. The molecule has 0 unspecified atom stereocenters. The van der Waals surface area contributed by atoms with Crippen molar-refractivity contribution in [3.63, 3.8) is 0 Å². The van der Waals surface area contributed by atoms with Gasteiger partial charge in [0, 0.05) is 12.1 Å². The Hall–Kier alpha value is -0.305. The van der Waals surface area contributed by atoms with Crippen molar-refractivity contribution in [1.82, 2.24) is 4.98 Å². The smallest absolute Gasteiger partial charge is 0.131 e. The van der Waals surface area contributed by atoms with Crippen LogP contribution in [-0.4, -0.2) is 12.8 Å². The molecule has 0 saturated heterocycles. The average molecular weight is 137 g/mol. The summed E-state index contributed by atoms with van der Waals surface area (Å²) in [4.78, 5) is 4.11. The van der Waals surface area contributed by atoms with E-state index in [-0.39, 0.29) is 0 Å². The Morgan fingerprint density at radius 3 is 2.56 bits per heavy atom. The highest BCUT2D eigenvalue weighted by atomic mass is 32.1. The summed E-state index contributed by atoms with van der Waals surface area (Å²) in [5.74, 6) is 0.507. The van der Waals surface area contributed by atoms with Crippen LogP contribution in [0.15, 0.2) is 6.20 Å². The maximum Gasteiger partial charge on any atom is 0.131 e. The maximum atomic E-state index is 5.47. The first-order valence-electron chi connectivity index (χ1n) is 2.91. The van der Waals surface area contributed by atoms with Crippen molar-refractivity contribution in [3.05, 3.63) is 11.2 Å². The van der Waals surface area contributed by atoms with Crippen LogP contribution in [0.2, 0.25) is 0 Å². The second-order valence-electron chi connectivity index (χ2n) is 2.26. The van der Waals surface area contributed by atoms with Gasteiger partial charge in [-0.15, -0.1) is 11.3 Å². The molecule has 1 nitrogen and oxygen atoms in total. The third-order valence-corrected chi connectivity index (χ3v) is 2.16. The molecule has 9 heavy (non-hydrogen) atoms. The summed E-state index contributed by atoms with van der Waals surface area (Å²) in [6.45, 7) is 4.22. The van der Waals surface area contributed by atoms with E-state index in [1.54, 1.807) is 17.5 Å². The van der Waals surface area contributed by atoms with Crippen LogP contribution in [0, 0.1) is 0 Å². The van der Waals surface area contributed by atoms with Gasteiger partial charge >= 0.3 is 0 Å². The Bertz CT molecular complexity index is 195. The predicted octanol–water partition coefficient (Wildman–Crippen LogP) is 1.06. The molecule has 0 bridgehead atoms. The fraction of sp³-hybridized carbons (Fsp3) is 0.500. The monoisotopic (exact) mass is 137 g/mol. The largest absolute Gasteiger partial charge is 0.250 e. The molecule has 3 heteroatoms. The lowest BCUT2D eigenvalue weighted by Gasteiger charge is -1.94. The van der Waals surface area contributed by atoms with Crippen LogP contribution in [0.25, 0.3) is 0 Å². The first-order chi connectivity index (χ1) is 4.20. The first kappa shape index (κ1) is 6.81. The molecule has 0 aliphatic carbocycles. The fourth-order valence-electron chi connectivity index (χ4n) is 0.568. The van der Waals surface area contributed by atoms with Gasteiger partial charge in [0.25, 0.3) is 0 Å². The van der Waals surface area contributed by atoms with Crippen LogP contribution in [0.4, 0.5) is 0 Å². The SMILES string of the molecule is [B]c1cnc(C(C)C)s1. The lowest BCUT2D eigenvalue weighted by Crippen LogP contribution is -1.89. The summed E-state index contributed by atoms with van der Waals surface area (Å²) in [5.41, 5.74) is 0. The third kappa shape index (κ3) is 1.55. The van der Waals surface area contributed by atoms with Gasteiger partial charge in [0.15, 0.2) is 0 Å². The summed E-state index contributed by atoms with van der Waals surface area (Å²) in [6.07, 6.45) is 1.71. The fourth-order valence-corrected chi connectivity index (χ4v) is 1.26. The number of thiazole rings is 1. The van der Waals surface area contributed by atoms with Crippen molar-refractivity contribution < 1.29 is 0 Å². The van der Waals surface area contributed by atoms with E-state index in [2.05, 4.69) is 18.8 Å². The van der Waals surface area contributed by atoms with Crippen molar-refractivity contribution in [2.24, 2.45) is 0 Å². The lowest BCUT2D eigenvalue weighted by atomic mass is 10.1. The van der Waals surface area contributed by atoms with E-state index in [0.717, 1.165) is 9.78 Å². The van der Waals surface area contributed by atoms with E-state index in [0.29, 0.717) is 5.92 Å². The maximum absolute atomic E-state index is 5.47. The molecule has 2 radical (unpaired) electrons. The molecule has 0 saturated carbocycles. The zero-order chi connectivity index (χ0) is 6.85. The zero-order valence-electron chi connectivity index (χ0n) is 5.59. The Morgan fingerprint density at radius 2 is 2.33 bits per heavy atom. The molecule has 0 aromatic carbocycles. The van der Waals surface area contributed by atoms with Gasteiger partial charge in [0.2, 0.25) is 0 Å². The molecule has 0 fully saturated rings. The highest BCUT2D eigenvalue weighted by Gasteiger charge is 2.00. The van der Waals surface area contributed by atoms with Crippen LogP contribution >= 0.6 is 11.3 Å². The van der Waals surface area contributed by atoms with Gasteiger partial charge in [-0.2, -0.15) is 0 Å². The van der Waals surface area contributed by atoms with Crippen molar-refractivity contribution in [2.45, 2.75) is 19.8 Å². The summed E-state index contributed by atoms with van der Waals surface area (Å²) in [7, 11) is 5.47. The summed E-state index contributed by atoms with van der Waals surface area (Å²) >= 11 is 1.56. The number of nitrogens with zero attached hydrogens (tertiary/aromatic N) is 1. The van der Waals surface area contributed by atoms with Crippen molar-refractivity contribution in [2.75, 3.05) is 0 Å². The molecule has 1 heterocycles. The van der Waals surface area contributed by atoms with Crippen LogP contribution in [0.1, 0.15) is 24.8 Å². The molecule has 46 valence electrons. The Labute approximate surface area is 60.5 Å². The molecule has 1 rings (SSSR count). The zero-order valence-corrected chi connectivity index (χ0v) is 6.40. The van der Waals surface area contributed by atoms with Crippen LogP contribution in [0.3, 0.4) is 0 Å². The van der Waals surface area contributed by atoms with Crippen LogP contribution in [0.5, 0.6) is 0 Å². The molecule has 1 aromatic rings. The van der Waals surface area contributed by atoms with Gasteiger partial charge in [0.1, 0.15) is 7.85 Å². The number of aromatic nitrogens is 1. The highest BCUT2D eigenvalue weighted by Crippen LogP contribution is 2.13. The Balaban J connectivity index is 2.85. The quantitative estimate of drug-likeness (QED) is 0.527. The number of hydrogen-bond donors (Lipinski definition) is 0. The van der Waals surface area contributed by atoms with Gasteiger partial charge in [0.05, 0.1) is 5.01 Å². The predicted molar refractivity (Wildman–Crippen MR) is 41.6 cm³/mol. The van der Waals surface area contributed by atoms with E-state index < -0.39 is 0 Å². The van der Waals surface area contributed by atoms with E-state index >= 15 is 0 Å². The summed E-state index contributed by atoms with van der Waals surface area (Å²) in [5, 5.41) is 1.12. The van der Waals surface area contributed by atoms with E-state index in [9.17, 15) is 0 Å². The average Bonchev–Trinajstić information content (AvgIpc) is 2.14. The van der Waals surface area contributed by atoms with Crippen LogP contribution in [-0.2, 0) is 0 Å². The number of hydrogen-bond acceptors (Lipinski definition) is 2. The van der Waals surface area contributed by atoms with E-state index in [4.69, 9.17) is 7.85 Å². The normalized spacial score (nSPS) is 10.6. The minimum Gasteiger partial charge on any atom is -0.250 e. The van der Waals surface area contributed by atoms with Gasteiger partial charge in [-0.05, 0) is 4.78 Å². The second-order valence-corrected chi connectivity index (χ2v) is 3.35. The highest BCUT2D eigenvalue weighted by molar-refractivity contribution is 7.19. The first-order valence-corrected chi connectivity index (χ1v) is 3.73. The Kier molecular flexibility index (Phi) is 1.91. The van der Waals surface area contributed by atoms with Crippen molar-refractivity contribution >= 4 is 24.0 Å². The molecular weight excluding hydrogens is 129 g/mol. The van der Waals surface area contributed by atoms with Gasteiger partial charge in [-0.3, -0.25) is 4.98 Å². The molecule has 0 atom stereocenters. The van der Waals surface area contributed by atoms with Gasteiger partial charge in [-0.25, -0.2) is 0 Å². The molecule has 0 amide bonds. The van der Waals surface area contributed by atoms with Crippen molar-refractivity contribution in [3.8, 4) is 0 Å². The molecule has 0 N–H and O–H groups in total. The topological polar surface area (TPSA) is 12.9 Å². The molecule has 0 spiro atoms. The van der Waals surface area contributed by atoms with Crippen LogP contribution < -0.4 is 4.78 Å². The van der Waals surface area contributed by atoms with E-state index in [1.807, 2.05) is 0 Å². The lowest BCUT2D eigenvalue weighted by molar-refractivity contribution is 0.852. The third-order valence-electron chi connectivity index (χ3n) is 1.04. The van der Waals surface area contributed by atoms with Gasteiger partial charge in [-0.1, -0.05) is 13.8 Å². The molecule has 1 aromatic heterocycles. The van der Waals surface area contributed by atoms with Crippen molar-refractivity contribution in [1.29, 1.82) is 0 Å². The minimum absolute atomic E-state index is 0.507. The summed E-state index contributed by atoms with van der Waals surface area (Å²) in [6, 6.07) is 0.